The molecule has 1 fully saturated rings. The maximum Gasteiger partial charge on any atom is 0.244 e. The average molecular weight is 456 g/mol. The van der Waals surface area contributed by atoms with E-state index < -0.39 is 10.0 Å². The van der Waals surface area contributed by atoms with Crippen LogP contribution in [0.2, 0.25) is 5.02 Å². The molecular weight excluding hydrogens is 434 g/mol. The third-order valence-corrected chi connectivity index (χ3v) is 7.51. The molecule has 2 heterocycles. The van der Waals surface area contributed by atoms with E-state index in [1.165, 1.54) is 35.4 Å². The van der Waals surface area contributed by atoms with Gasteiger partial charge in [0.15, 0.2) is 0 Å². The topological polar surface area (TPSA) is 88.6 Å². The molecule has 1 N–H and O–H groups in total. The first kappa shape index (κ1) is 21.9. The Morgan fingerprint density at radius 2 is 2.00 bits per heavy atom. The van der Waals surface area contributed by atoms with Gasteiger partial charge in [-0.05, 0) is 43.2 Å². The lowest BCUT2D eigenvalue weighted by atomic mass is 10.2. The van der Waals surface area contributed by atoms with Gasteiger partial charge in [-0.2, -0.15) is 4.31 Å². The fraction of sp³-hybridized carbons (Fsp3) is 0.368. The zero-order valence-corrected chi connectivity index (χ0v) is 18.3. The SMILES string of the molecule is COc1ccc(Cl)cc1NC(=O)CSc1ccc(S(=O)(=O)N2CCCCC2)cn1. The average Bonchev–Trinajstić information content (AvgIpc) is 2.73. The van der Waals surface area contributed by atoms with E-state index in [9.17, 15) is 13.2 Å². The molecule has 1 saturated heterocycles. The molecule has 0 unspecified atom stereocenters. The number of hydrogen-bond donors (Lipinski definition) is 1. The largest absolute Gasteiger partial charge is 0.495 e. The second-order valence-electron chi connectivity index (χ2n) is 6.48. The van der Waals surface area contributed by atoms with Crippen molar-refractivity contribution in [1.82, 2.24) is 9.29 Å². The van der Waals surface area contributed by atoms with Crippen LogP contribution in [0.5, 0.6) is 5.75 Å². The van der Waals surface area contributed by atoms with Gasteiger partial charge in [0.1, 0.15) is 10.6 Å². The highest BCUT2D eigenvalue weighted by Crippen LogP contribution is 2.28. The molecule has 1 aliphatic rings. The predicted molar refractivity (Wildman–Crippen MR) is 114 cm³/mol. The maximum absolute atomic E-state index is 12.6. The van der Waals surface area contributed by atoms with Crippen molar-refractivity contribution in [1.29, 1.82) is 0 Å². The van der Waals surface area contributed by atoms with E-state index in [2.05, 4.69) is 10.3 Å². The van der Waals surface area contributed by atoms with Crippen molar-refractivity contribution in [3.05, 3.63) is 41.6 Å². The summed E-state index contributed by atoms with van der Waals surface area (Å²) >= 11 is 7.18. The second-order valence-corrected chi connectivity index (χ2v) is 9.85. The van der Waals surface area contributed by atoms with Crippen LogP contribution < -0.4 is 10.1 Å². The zero-order valence-electron chi connectivity index (χ0n) is 15.9. The Balaban J connectivity index is 1.59. The van der Waals surface area contributed by atoms with Gasteiger partial charge >= 0.3 is 0 Å². The Morgan fingerprint density at radius 3 is 2.66 bits per heavy atom. The van der Waals surface area contributed by atoms with E-state index in [0.29, 0.717) is 34.6 Å². The van der Waals surface area contributed by atoms with Crippen LogP contribution in [-0.2, 0) is 14.8 Å². The Kier molecular flexibility index (Phi) is 7.39. The predicted octanol–water partition coefficient (Wildman–Crippen LogP) is 3.65. The lowest BCUT2D eigenvalue weighted by molar-refractivity contribution is -0.113. The number of thioether (sulfide) groups is 1. The number of hydrogen-bond acceptors (Lipinski definition) is 6. The number of halogens is 1. The summed E-state index contributed by atoms with van der Waals surface area (Å²) in [6.07, 6.45) is 4.17. The number of sulfonamides is 1. The van der Waals surface area contributed by atoms with Crippen molar-refractivity contribution in [2.45, 2.75) is 29.2 Å². The highest BCUT2D eigenvalue weighted by atomic mass is 35.5. The highest BCUT2D eigenvalue weighted by molar-refractivity contribution is 7.99. The van der Waals surface area contributed by atoms with Crippen LogP contribution in [0, 0.1) is 0 Å². The van der Waals surface area contributed by atoms with Crippen molar-refractivity contribution < 1.29 is 17.9 Å². The number of carbonyl (C=O) groups excluding carboxylic acids is 1. The quantitative estimate of drug-likeness (QED) is 0.641. The third kappa shape index (κ3) is 5.63. The van der Waals surface area contributed by atoms with Crippen LogP contribution in [-0.4, -0.2) is 49.6 Å². The first-order valence-electron chi connectivity index (χ1n) is 9.12. The van der Waals surface area contributed by atoms with Gasteiger partial charge in [0.05, 0.1) is 23.6 Å². The number of rotatable bonds is 7. The molecule has 29 heavy (non-hydrogen) atoms. The van der Waals surface area contributed by atoms with Crippen LogP contribution in [0.25, 0.3) is 0 Å². The van der Waals surface area contributed by atoms with Gasteiger partial charge in [0.2, 0.25) is 15.9 Å². The number of aromatic nitrogens is 1. The molecule has 0 spiro atoms. The van der Waals surface area contributed by atoms with Crippen molar-refractivity contribution >= 4 is 45.0 Å². The zero-order chi connectivity index (χ0) is 20.9. The van der Waals surface area contributed by atoms with Gasteiger partial charge in [-0.25, -0.2) is 13.4 Å². The number of nitrogens with zero attached hydrogens (tertiary/aromatic N) is 2. The second kappa shape index (κ2) is 9.80. The van der Waals surface area contributed by atoms with Gasteiger partial charge in [-0.1, -0.05) is 29.8 Å². The summed E-state index contributed by atoms with van der Waals surface area (Å²) in [6, 6.07) is 8.12. The summed E-state index contributed by atoms with van der Waals surface area (Å²) in [5.74, 6) is 0.376. The number of benzene rings is 1. The molecule has 7 nitrogen and oxygen atoms in total. The number of piperidine rings is 1. The first-order chi connectivity index (χ1) is 13.9. The fourth-order valence-electron chi connectivity index (χ4n) is 2.96. The molecule has 10 heteroatoms. The number of nitrogens with one attached hydrogen (secondary N) is 1. The van der Waals surface area contributed by atoms with Crippen LogP contribution in [0.15, 0.2) is 46.5 Å². The fourth-order valence-corrected chi connectivity index (χ4v) is 5.24. The van der Waals surface area contributed by atoms with Crippen LogP contribution in [0.3, 0.4) is 0 Å². The van der Waals surface area contributed by atoms with Gasteiger partial charge < -0.3 is 10.1 Å². The normalized spacial score (nSPS) is 15.1. The van der Waals surface area contributed by atoms with Gasteiger partial charge in [-0.15, -0.1) is 0 Å². The van der Waals surface area contributed by atoms with E-state index in [1.54, 1.807) is 24.3 Å². The molecule has 0 bridgehead atoms. The standard InChI is InChI=1S/C19H22ClN3O4S2/c1-27-17-7-5-14(20)11-16(17)22-18(24)13-28-19-8-6-15(12-21-19)29(25,26)23-9-3-2-4-10-23/h5-8,11-12H,2-4,9-10,13H2,1H3,(H,22,24). The monoisotopic (exact) mass is 455 g/mol. The van der Waals surface area contributed by atoms with Crippen molar-refractivity contribution in [2.24, 2.45) is 0 Å². The highest BCUT2D eigenvalue weighted by Gasteiger charge is 2.26. The number of pyridine rings is 1. The van der Waals surface area contributed by atoms with Gasteiger partial charge in [0, 0.05) is 24.3 Å². The Hall–Kier alpha value is -1.81. The molecule has 0 atom stereocenters. The van der Waals surface area contributed by atoms with Crippen LogP contribution >= 0.6 is 23.4 Å². The lowest BCUT2D eigenvalue weighted by Gasteiger charge is -2.25. The molecule has 1 aromatic carbocycles. The molecule has 1 aliphatic heterocycles. The van der Waals surface area contributed by atoms with E-state index in [4.69, 9.17) is 16.3 Å². The van der Waals surface area contributed by atoms with E-state index >= 15 is 0 Å². The molecular formula is C19H22ClN3O4S2. The van der Waals surface area contributed by atoms with Gasteiger partial charge in [0.25, 0.3) is 0 Å². The Labute approximate surface area is 179 Å². The number of amides is 1. The molecule has 0 saturated carbocycles. The summed E-state index contributed by atoms with van der Waals surface area (Å²) in [6.45, 7) is 1.10. The molecule has 1 amide bonds. The maximum atomic E-state index is 12.6. The number of methoxy groups -OCH3 is 1. The number of carbonyl (C=O) groups is 1. The first-order valence-corrected chi connectivity index (χ1v) is 11.9. The van der Waals surface area contributed by atoms with E-state index in [1.807, 2.05) is 0 Å². The van der Waals surface area contributed by atoms with Crippen molar-refractivity contribution in [3.8, 4) is 5.75 Å². The molecule has 3 rings (SSSR count). The minimum atomic E-state index is -3.51. The van der Waals surface area contributed by atoms with Crippen molar-refractivity contribution in [3.63, 3.8) is 0 Å². The minimum Gasteiger partial charge on any atom is -0.495 e. The van der Waals surface area contributed by atoms with Crippen LogP contribution in [0.4, 0.5) is 5.69 Å². The van der Waals surface area contributed by atoms with Crippen molar-refractivity contribution in [2.75, 3.05) is 31.3 Å². The Morgan fingerprint density at radius 1 is 1.24 bits per heavy atom. The third-order valence-electron chi connectivity index (χ3n) is 4.45. The molecule has 0 radical (unpaired) electrons. The summed E-state index contributed by atoms with van der Waals surface area (Å²) in [5.41, 5.74) is 0.488. The Bertz CT molecular complexity index is 962. The summed E-state index contributed by atoms with van der Waals surface area (Å²) < 4.78 is 32.0. The number of anilines is 1. The summed E-state index contributed by atoms with van der Waals surface area (Å²) in [4.78, 5) is 16.6. The van der Waals surface area contributed by atoms with Gasteiger partial charge in [-0.3, -0.25) is 4.79 Å². The molecule has 156 valence electrons. The number of ether oxygens (including phenoxy) is 1. The van der Waals surface area contributed by atoms with E-state index in [0.717, 1.165) is 19.3 Å². The van der Waals surface area contributed by atoms with E-state index in [-0.39, 0.29) is 16.6 Å². The molecule has 1 aromatic heterocycles. The smallest absolute Gasteiger partial charge is 0.244 e. The van der Waals surface area contributed by atoms with Crippen LogP contribution in [0.1, 0.15) is 19.3 Å². The summed E-state index contributed by atoms with van der Waals surface area (Å²) in [5, 5.41) is 3.80. The summed E-state index contributed by atoms with van der Waals surface area (Å²) in [7, 11) is -2.00. The molecule has 2 aromatic rings. The lowest BCUT2D eigenvalue weighted by Crippen LogP contribution is -2.35. The molecule has 0 aliphatic carbocycles. The minimum absolute atomic E-state index is 0.112.